The SMILES string of the molecule is CC(C)NC(C#N)(COC(C)(C)C)C1CC1. The van der Waals surface area contributed by atoms with E-state index in [2.05, 4.69) is 25.2 Å². The number of ether oxygens (including phenoxy) is 1. The molecule has 0 bridgehead atoms. The lowest BCUT2D eigenvalue weighted by Gasteiger charge is -2.33. The van der Waals surface area contributed by atoms with Gasteiger partial charge in [0.05, 0.1) is 18.3 Å². The number of nitrogens with zero attached hydrogens (tertiary/aromatic N) is 1. The molecule has 1 N–H and O–H groups in total. The maximum atomic E-state index is 9.44. The van der Waals surface area contributed by atoms with E-state index >= 15 is 0 Å². The van der Waals surface area contributed by atoms with Crippen molar-refractivity contribution >= 4 is 0 Å². The van der Waals surface area contributed by atoms with Crippen LogP contribution in [0.1, 0.15) is 47.5 Å². The van der Waals surface area contributed by atoms with Crippen LogP contribution in [0.3, 0.4) is 0 Å². The van der Waals surface area contributed by atoms with Gasteiger partial charge in [-0.05, 0) is 53.4 Å². The average molecular weight is 224 g/mol. The monoisotopic (exact) mass is 224 g/mol. The van der Waals surface area contributed by atoms with Crippen LogP contribution in [0.15, 0.2) is 0 Å². The van der Waals surface area contributed by atoms with Crippen LogP contribution in [0.2, 0.25) is 0 Å². The van der Waals surface area contributed by atoms with E-state index in [1.54, 1.807) is 0 Å². The Morgan fingerprint density at radius 2 is 1.94 bits per heavy atom. The Balaban J connectivity index is 2.67. The van der Waals surface area contributed by atoms with Gasteiger partial charge in [-0.15, -0.1) is 0 Å². The van der Waals surface area contributed by atoms with Crippen LogP contribution in [0.4, 0.5) is 0 Å². The Labute approximate surface area is 99.2 Å². The second-order valence-electron chi connectivity index (χ2n) is 6.06. The second kappa shape index (κ2) is 4.73. The first-order valence-corrected chi connectivity index (χ1v) is 6.12. The van der Waals surface area contributed by atoms with Crippen LogP contribution in [-0.4, -0.2) is 23.8 Å². The van der Waals surface area contributed by atoms with Crippen molar-refractivity contribution in [2.75, 3.05) is 6.61 Å². The first kappa shape index (κ1) is 13.5. The molecule has 0 radical (unpaired) electrons. The summed E-state index contributed by atoms with van der Waals surface area (Å²) in [5.74, 6) is 0.460. The molecule has 3 nitrogen and oxygen atoms in total. The van der Waals surface area contributed by atoms with Crippen LogP contribution in [0, 0.1) is 17.2 Å². The molecule has 1 aliphatic carbocycles. The molecule has 16 heavy (non-hydrogen) atoms. The van der Waals surface area contributed by atoms with Gasteiger partial charge in [0.15, 0.2) is 0 Å². The summed E-state index contributed by atoms with van der Waals surface area (Å²) in [6, 6.07) is 2.75. The molecule has 1 unspecified atom stereocenters. The fourth-order valence-corrected chi connectivity index (χ4v) is 1.85. The van der Waals surface area contributed by atoms with Crippen LogP contribution < -0.4 is 5.32 Å². The molecule has 1 rings (SSSR count). The standard InChI is InChI=1S/C13H24N2O/c1-10(2)15-13(8-14,11-6-7-11)9-16-12(3,4)5/h10-11,15H,6-7,9H2,1-5H3. The quantitative estimate of drug-likeness (QED) is 0.780. The molecule has 92 valence electrons. The summed E-state index contributed by atoms with van der Waals surface area (Å²) in [6.45, 7) is 10.7. The van der Waals surface area contributed by atoms with Crippen LogP contribution in [0.25, 0.3) is 0 Å². The molecule has 0 spiro atoms. The summed E-state index contributed by atoms with van der Waals surface area (Å²) in [6.07, 6.45) is 2.28. The highest BCUT2D eigenvalue weighted by molar-refractivity contribution is 5.16. The lowest BCUT2D eigenvalue weighted by molar-refractivity contribution is -0.0316. The van der Waals surface area contributed by atoms with E-state index in [1.165, 1.54) is 0 Å². The topological polar surface area (TPSA) is 45.0 Å². The van der Waals surface area contributed by atoms with Crippen molar-refractivity contribution in [2.24, 2.45) is 5.92 Å². The third-order valence-electron chi connectivity index (χ3n) is 2.75. The average Bonchev–Trinajstić information content (AvgIpc) is 2.93. The zero-order valence-electron chi connectivity index (χ0n) is 11.1. The van der Waals surface area contributed by atoms with Crippen molar-refractivity contribution in [2.45, 2.75) is 64.6 Å². The maximum absolute atomic E-state index is 9.44. The van der Waals surface area contributed by atoms with Gasteiger partial charge >= 0.3 is 0 Å². The molecule has 0 aromatic rings. The fraction of sp³-hybridized carbons (Fsp3) is 0.923. The van der Waals surface area contributed by atoms with Crippen LogP contribution in [0.5, 0.6) is 0 Å². The van der Waals surface area contributed by atoms with E-state index in [9.17, 15) is 5.26 Å². The first-order chi connectivity index (χ1) is 7.29. The van der Waals surface area contributed by atoms with Crippen LogP contribution in [-0.2, 0) is 4.74 Å². The number of hydrogen-bond acceptors (Lipinski definition) is 3. The summed E-state index contributed by atoms with van der Waals surface area (Å²) < 4.78 is 5.80. The van der Waals surface area contributed by atoms with Crippen molar-refractivity contribution in [3.8, 4) is 6.07 Å². The largest absolute Gasteiger partial charge is 0.373 e. The Bertz CT molecular complexity index is 271. The smallest absolute Gasteiger partial charge is 0.133 e. The number of nitrogens with one attached hydrogen (secondary N) is 1. The molecule has 3 heteroatoms. The first-order valence-electron chi connectivity index (χ1n) is 6.12. The molecule has 0 heterocycles. The van der Waals surface area contributed by atoms with Gasteiger partial charge in [-0.3, -0.25) is 5.32 Å². The van der Waals surface area contributed by atoms with Gasteiger partial charge in [-0.25, -0.2) is 0 Å². The molecule has 1 atom stereocenters. The van der Waals surface area contributed by atoms with Crippen molar-refractivity contribution < 1.29 is 4.74 Å². The molecule has 0 aromatic heterocycles. The van der Waals surface area contributed by atoms with E-state index in [4.69, 9.17) is 4.74 Å². The van der Waals surface area contributed by atoms with Gasteiger partial charge in [0.1, 0.15) is 5.54 Å². The van der Waals surface area contributed by atoms with Gasteiger partial charge in [0, 0.05) is 6.04 Å². The predicted octanol–water partition coefficient (Wildman–Crippen LogP) is 2.47. The molecule has 0 saturated heterocycles. The van der Waals surface area contributed by atoms with Crippen molar-refractivity contribution in [1.82, 2.24) is 5.32 Å². The zero-order valence-corrected chi connectivity index (χ0v) is 11.1. The van der Waals surface area contributed by atoms with E-state index in [0.29, 0.717) is 18.6 Å². The molecular weight excluding hydrogens is 200 g/mol. The lowest BCUT2D eigenvalue weighted by Crippen LogP contribution is -2.54. The molecule has 1 fully saturated rings. The highest BCUT2D eigenvalue weighted by Gasteiger charge is 2.46. The minimum Gasteiger partial charge on any atom is -0.373 e. The van der Waals surface area contributed by atoms with Gasteiger partial charge in [0.25, 0.3) is 0 Å². The van der Waals surface area contributed by atoms with Crippen molar-refractivity contribution in [3.05, 3.63) is 0 Å². The Kier molecular flexibility index (Phi) is 3.98. The summed E-state index contributed by atoms with van der Waals surface area (Å²) in [4.78, 5) is 0. The molecule has 0 aliphatic heterocycles. The molecule has 0 amide bonds. The molecule has 0 aromatic carbocycles. The highest BCUT2D eigenvalue weighted by Crippen LogP contribution is 2.40. The third kappa shape index (κ3) is 3.77. The summed E-state index contributed by atoms with van der Waals surface area (Å²) >= 11 is 0. The van der Waals surface area contributed by atoms with E-state index in [1.807, 2.05) is 20.8 Å². The summed E-state index contributed by atoms with van der Waals surface area (Å²) in [7, 11) is 0. The van der Waals surface area contributed by atoms with E-state index in [-0.39, 0.29) is 5.60 Å². The predicted molar refractivity (Wildman–Crippen MR) is 65.0 cm³/mol. The maximum Gasteiger partial charge on any atom is 0.133 e. The molecular formula is C13H24N2O. The van der Waals surface area contributed by atoms with Crippen molar-refractivity contribution in [1.29, 1.82) is 5.26 Å². The number of hydrogen-bond donors (Lipinski definition) is 1. The Morgan fingerprint density at radius 3 is 2.25 bits per heavy atom. The lowest BCUT2D eigenvalue weighted by atomic mass is 9.94. The molecule has 1 saturated carbocycles. The van der Waals surface area contributed by atoms with Gasteiger partial charge in [-0.2, -0.15) is 5.26 Å². The normalized spacial score (nSPS) is 20.6. The Hall–Kier alpha value is -0.590. The Morgan fingerprint density at radius 1 is 1.38 bits per heavy atom. The minimum atomic E-state index is -0.485. The third-order valence-corrected chi connectivity index (χ3v) is 2.75. The van der Waals surface area contributed by atoms with Crippen LogP contribution >= 0.6 is 0 Å². The van der Waals surface area contributed by atoms with Gasteiger partial charge in [0.2, 0.25) is 0 Å². The minimum absolute atomic E-state index is 0.185. The second-order valence-corrected chi connectivity index (χ2v) is 6.06. The van der Waals surface area contributed by atoms with E-state index < -0.39 is 5.54 Å². The number of rotatable bonds is 5. The molecule has 1 aliphatic rings. The van der Waals surface area contributed by atoms with Gasteiger partial charge in [-0.1, -0.05) is 0 Å². The summed E-state index contributed by atoms with van der Waals surface area (Å²) in [5, 5.41) is 12.8. The van der Waals surface area contributed by atoms with E-state index in [0.717, 1.165) is 12.8 Å². The van der Waals surface area contributed by atoms with Crippen molar-refractivity contribution in [3.63, 3.8) is 0 Å². The fourth-order valence-electron chi connectivity index (χ4n) is 1.85. The highest BCUT2D eigenvalue weighted by atomic mass is 16.5. The van der Waals surface area contributed by atoms with Gasteiger partial charge < -0.3 is 4.74 Å². The summed E-state index contributed by atoms with van der Waals surface area (Å²) in [5.41, 5.74) is -0.670. The number of nitriles is 1. The zero-order chi connectivity index (χ0) is 12.4.